The molecule has 130 valence electrons. The van der Waals surface area contributed by atoms with Crippen LogP contribution in [0.15, 0.2) is 60.7 Å². The van der Waals surface area contributed by atoms with Gasteiger partial charge in [-0.3, -0.25) is 4.79 Å². The van der Waals surface area contributed by atoms with Crippen LogP contribution in [0.4, 0.5) is 0 Å². The first-order valence-electron chi connectivity index (χ1n) is 8.74. The first kappa shape index (κ1) is 16.3. The Bertz CT molecular complexity index is 681. The van der Waals surface area contributed by atoms with Crippen molar-refractivity contribution in [2.75, 3.05) is 7.11 Å². The average molecular weight is 338 g/mol. The number of hydrogen-bond donors (Lipinski definition) is 0. The summed E-state index contributed by atoms with van der Waals surface area (Å²) < 4.78 is 17.8. The first-order chi connectivity index (χ1) is 12.2. The number of rotatable bonds is 3. The lowest BCUT2D eigenvalue weighted by molar-refractivity contribution is -0.176. The Labute approximate surface area is 147 Å². The fourth-order valence-corrected chi connectivity index (χ4v) is 3.94. The third-order valence-electron chi connectivity index (χ3n) is 5.18. The monoisotopic (exact) mass is 338 g/mol. The van der Waals surface area contributed by atoms with E-state index in [1.165, 1.54) is 7.11 Å². The molecule has 0 radical (unpaired) electrons. The molecule has 1 aliphatic carbocycles. The molecule has 0 unspecified atom stereocenters. The summed E-state index contributed by atoms with van der Waals surface area (Å²) in [4.78, 5) is 11.9. The Kier molecular flexibility index (Phi) is 4.32. The Morgan fingerprint density at radius 3 is 1.96 bits per heavy atom. The molecule has 0 bridgehead atoms. The number of carbonyl (C=O) groups is 1. The largest absolute Gasteiger partial charge is 0.469 e. The summed E-state index contributed by atoms with van der Waals surface area (Å²) in [6, 6.07) is 20.3. The van der Waals surface area contributed by atoms with Gasteiger partial charge >= 0.3 is 5.97 Å². The molecule has 0 amide bonds. The van der Waals surface area contributed by atoms with E-state index < -0.39 is 5.79 Å². The molecule has 2 aliphatic rings. The van der Waals surface area contributed by atoms with E-state index in [-0.39, 0.29) is 24.1 Å². The molecule has 3 atom stereocenters. The van der Waals surface area contributed by atoms with Gasteiger partial charge in [-0.2, -0.15) is 0 Å². The van der Waals surface area contributed by atoms with Gasteiger partial charge in [-0.1, -0.05) is 60.7 Å². The lowest BCUT2D eigenvalue weighted by Gasteiger charge is -2.22. The first-order valence-corrected chi connectivity index (χ1v) is 8.74. The molecule has 0 aromatic heterocycles. The van der Waals surface area contributed by atoms with Crippen LogP contribution < -0.4 is 0 Å². The van der Waals surface area contributed by atoms with Gasteiger partial charge in [-0.15, -0.1) is 0 Å². The van der Waals surface area contributed by atoms with Crippen LogP contribution in [0.25, 0.3) is 0 Å². The summed E-state index contributed by atoms with van der Waals surface area (Å²) in [5.74, 6) is -1.04. The summed E-state index contributed by atoms with van der Waals surface area (Å²) in [5, 5.41) is 0. The number of methoxy groups -OCH3 is 1. The second-order valence-corrected chi connectivity index (χ2v) is 6.77. The van der Waals surface area contributed by atoms with Gasteiger partial charge in [0.15, 0.2) is 5.79 Å². The smallest absolute Gasteiger partial charge is 0.308 e. The van der Waals surface area contributed by atoms with Gasteiger partial charge in [-0.25, -0.2) is 0 Å². The minimum absolute atomic E-state index is 0.157. The molecule has 1 aliphatic heterocycles. The van der Waals surface area contributed by atoms with Gasteiger partial charge < -0.3 is 14.2 Å². The maximum Gasteiger partial charge on any atom is 0.308 e. The summed E-state index contributed by atoms with van der Waals surface area (Å²) in [6.07, 6.45) is 1.63. The number of esters is 1. The van der Waals surface area contributed by atoms with Crippen LogP contribution >= 0.6 is 0 Å². The second kappa shape index (κ2) is 6.62. The molecular weight excluding hydrogens is 316 g/mol. The van der Waals surface area contributed by atoms with Gasteiger partial charge in [-0.05, 0) is 17.5 Å². The predicted molar refractivity (Wildman–Crippen MR) is 92.6 cm³/mol. The molecule has 2 fully saturated rings. The van der Waals surface area contributed by atoms with E-state index in [2.05, 4.69) is 24.3 Å². The molecule has 4 heteroatoms. The lowest BCUT2D eigenvalue weighted by atomic mass is 9.99. The van der Waals surface area contributed by atoms with Crippen molar-refractivity contribution in [3.63, 3.8) is 0 Å². The van der Waals surface area contributed by atoms with E-state index in [4.69, 9.17) is 14.2 Å². The molecule has 1 heterocycles. The average Bonchev–Trinajstić information content (AvgIpc) is 3.27. The SMILES string of the molecule is COC(=O)[C@H]1CCC2(C1)O[C@@H](c1ccccc1)[C@H](c1ccccc1)O2. The van der Waals surface area contributed by atoms with Crippen molar-refractivity contribution in [1.82, 2.24) is 0 Å². The highest BCUT2D eigenvalue weighted by Crippen LogP contribution is 2.54. The Balaban J connectivity index is 1.64. The van der Waals surface area contributed by atoms with Crippen LogP contribution in [0.1, 0.15) is 42.6 Å². The number of carbonyl (C=O) groups excluding carboxylic acids is 1. The van der Waals surface area contributed by atoms with Crippen LogP contribution in [-0.4, -0.2) is 18.9 Å². The lowest BCUT2D eigenvalue weighted by Crippen LogP contribution is -2.28. The molecule has 0 N–H and O–H groups in total. The molecular formula is C21H22O4. The van der Waals surface area contributed by atoms with Crippen LogP contribution in [0, 0.1) is 5.92 Å². The van der Waals surface area contributed by atoms with Crippen molar-refractivity contribution < 1.29 is 19.0 Å². The second-order valence-electron chi connectivity index (χ2n) is 6.77. The van der Waals surface area contributed by atoms with Crippen molar-refractivity contribution in [3.8, 4) is 0 Å². The Morgan fingerprint density at radius 2 is 1.48 bits per heavy atom. The number of benzene rings is 2. The van der Waals surface area contributed by atoms with Crippen molar-refractivity contribution in [1.29, 1.82) is 0 Å². The van der Waals surface area contributed by atoms with Crippen molar-refractivity contribution in [3.05, 3.63) is 71.8 Å². The zero-order valence-electron chi connectivity index (χ0n) is 14.3. The topological polar surface area (TPSA) is 44.8 Å². The highest BCUT2D eigenvalue weighted by Gasteiger charge is 2.53. The van der Waals surface area contributed by atoms with E-state index in [9.17, 15) is 4.79 Å². The fraction of sp³-hybridized carbons (Fsp3) is 0.381. The van der Waals surface area contributed by atoms with Crippen molar-refractivity contribution >= 4 is 5.97 Å². The molecule has 25 heavy (non-hydrogen) atoms. The Morgan fingerprint density at radius 1 is 0.960 bits per heavy atom. The summed E-state index contributed by atoms with van der Waals surface area (Å²) in [5.41, 5.74) is 2.18. The highest BCUT2D eigenvalue weighted by molar-refractivity contribution is 5.72. The summed E-state index contributed by atoms with van der Waals surface area (Å²) >= 11 is 0. The molecule has 2 aromatic carbocycles. The van der Waals surface area contributed by atoms with Gasteiger partial charge in [0.1, 0.15) is 12.2 Å². The van der Waals surface area contributed by atoms with Gasteiger partial charge in [0.05, 0.1) is 13.0 Å². The molecule has 1 spiro atoms. The highest BCUT2D eigenvalue weighted by atomic mass is 16.8. The maximum atomic E-state index is 11.9. The van der Waals surface area contributed by atoms with Crippen LogP contribution in [0.2, 0.25) is 0 Å². The molecule has 1 saturated heterocycles. The van der Waals surface area contributed by atoms with E-state index in [0.717, 1.165) is 17.5 Å². The molecule has 4 nitrogen and oxygen atoms in total. The maximum absolute atomic E-state index is 11.9. The van der Waals surface area contributed by atoms with E-state index in [1.807, 2.05) is 36.4 Å². The Hall–Kier alpha value is -2.17. The molecule has 4 rings (SSSR count). The summed E-state index contributed by atoms with van der Waals surface area (Å²) in [7, 11) is 1.43. The van der Waals surface area contributed by atoms with E-state index >= 15 is 0 Å². The van der Waals surface area contributed by atoms with Crippen LogP contribution in [0.5, 0.6) is 0 Å². The van der Waals surface area contributed by atoms with Gasteiger partial charge in [0.25, 0.3) is 0 Å². The zero-order chi connectivity index (χ0) is 17.3. The van der Waals surface area contributed by atoms with Gasteiger partial charge in [0.2, 0.25) is 0 Å². The minimum Gasteiger partial charge on any atom is -0.469 e. The third-order valence-corrected chi connectivity index (χ3v) is 5.18. The minimum atomic E-state index is -0.708. The van der Waals surface area contributed by atoms with Crippen molar-refractivity contribution in [2.45, 2.75) is 37.3 Å². The van der Waals surface area contributed by atoms with E-state index in [0.29, 0.717) is 12.8 Å². The van der Waals surface area contributed by atoms with Crippen LogP contribution in [-0.2, 0) is 19.0 Å². The van der Waals surface area contributed by atoms with Crippen molar-refractivity contribution in [2.24, 2.45) is 5.92 Å². The predicted octanol–water partition coefficient (Wildman–Crippen LogP) is 4.19. The fourth-order valence-electron chi connectivity index (χ4n) is 3.94. The van der Waals surface area contributed by atoms with Gasteiger partial charge in [0, 0.05) is 12.8 Å². The summed E-state index contributed by atoms with van der Waals surface area (Å²) in [6.45, 7) is 0. The number of ether oxygens (including phenoxy) is 3. The molecule has 2 aromatic rings. The quantitative estimate of drug-likeness (QED) is 0.788. The zero-order valence-corrected chi connectivity index (χ0v) is 14.3. The third kappa shape index (κ3) is 3.08. The standard InChI is InChI=1S/C21H22O4/c1-23-20(22)17-12-13-21(14-17)24-18(15-8-4-2-5-9-15)19(25-21)16-10-6-3-7-11-16/h2-11,17-19H,12-14H2,1H3/t17-,18-,19-/m0/s1. The number of hydrogen-bond acceptors (Lipinski definition) is 4. The van der Waals surface area contributed by atoms with Crippen LogP contribution in [0.3, 0.4) is 0 Å². The van der Waals surface area contributed by atoms with E-state index in [1.54, 1.807) is 0 Å². The molecule has 1 saturated carbocycles. The normalized spacial score (nSPS) is 27.5.